The number of aromatic nitrogens is 2. The predicted molar refractivity (Wildman–Crippen MR) is 173 cm³/mol. The van der Waals surface area contributed by atoms with Crippen LogP contribution in [0.5, 0.6) is 11.5 Å². The number of esters is 1. The van der Waals surface area contributed by atoms with E-state index in [-0.39, 0.29) is 11.5 Å². The number of hydrogen-bond donors (Lipinski definition) is 3. The first kappa shape index (κ1) is 31.4. The van der Waals surface area contributed by atoms with Crippen LogP contribution in [0.2, 0.25) is 0 Å². The first-order valence-corrected chi connectivity index (χ1v) is 14.4. The molecule has 0 aliphatic rings. The van der Waals surface area contributed by atoms with E-state index in [0.717, 1.165) is 28.4 Å². The van der Waals surface area contributed by atoms with Crippen molar-refractivity contribution in [2.75, 3.05) is 31.5 Å². The summed E-state index contributed by atoms with van der Waals surface area (Å²) in [5.41, 5.74) is 5.41. The van der Waals surface area contributed by atoms with E-state index < -0.39 is 5.97 Å². The Kier molecular flexibility index (Phi) is 9.66. The fourth-order valence-corrected chi connectivity index (χ4v) is 4.46. The lowest BCUT2D eigenvalue weighted by Gasteiger charge is -2.03. The highest BCUT2D eigenvalue weighted by Gasteiger charge is 2.15. The fourth-order valence-electron chi connectivity index (χ4n) is 4.46. The maximum absolute atomic E-state index is 11.7. The van der Waals surface area contributed by atoms with Gasteiger partial charge < -0.3 is 38.8 Å². The molecule has 3 N–H and O–H groups in total. The Morgan fingerprint density at radius 1 is 0.739 bits per heavy atom. The second kappa shape index (κ2) is 14.2. The summed E-state index contributed by atoms with van der Waals surface area (Å²) >= 11 is 0. The number of carboxylic acid groups (broad SMARTS) is 1. The number of nitrogens with one attached hydrogen (secondary N) is 2. The minimum atomic E-state index is -0.984. The number of nitrogens with zero attached hydrogens (tertiary/aromatic N) is 2. The van der Waals surface area contributed by atoms with Gasteiger partial charge in [-0.3, -0.25) is 0 Å². The van der Waals surface area contributed by atoms with Gasteiger partial charge in [0, 0.05) is 11.4 Å². The van der Waals surface area contributed by atoms with Crippen LogP contribution < -0.4 is 20.1 Å². The Balaban J connectivity index is 0.000000181. The van der Waals surface area contributed by atoms with Crippen molar-refractivity contribution >= 4 is 57.5 Å². The molecule has 0 saturated heterocycles. The molecule has 2 aromatic heterocycles. The molecule has 0 unspecified atom stereocenters. The average Bonchev–Trinajstić information content (AvgIpc) is 3.67. The molecular formula is C34H32N4O8. The van der Waals surface area contributed by atoms with E-state index in [1.807, 2.05) is 55.5 Å². The lowest BCUT2D eigenvalue weighted by Crippen LogP contribution is -2.03. The van der Waals surface area contributed by atoms with Crippen LogP contribution in [-0.4, -0.2) is 47.8 Å². The zero-order chi connectivity index (χ0) is 32.6. The maximum Gasteiger partial charge on any atom is 0.338 e. The van der Waals surface area contributed by atoms with Gasteiger partial charge in [-0.05, 0) is 97.8 Å². The Bertz CT molecular complexity index is 1960. The highest BCUT2D eigenvalue weighted by Crippen LogP contribution is 2.28. The van der Waals surface area contributed by atoms with Gasteiger partial charge in [-0.1, -0.05) is 6.92 Å². The number of aryl methyl sites for hydroxylation is 1. The maximum atomic E-state index is 11.7. The number of anilines is 4. The van der Waals surface area contributed by atoms with Crippen LogP contribution in [0.1, 0.15) is 40.1 Å². The predicted octanol–water partition coefficient (Wildman–Crippen LogP) is 7.60. The molecule has 2 heterocycles. The number of oxazole rings is 2. The van der Waals surface area contributed by atoms with E-state index in [9.17, 15) is 9.59 Å². The van der Waals surface area contributed by atoms with E-state index in [4.69, 9.17) is 28.2 Å². The van der Waals surface area contributed by atoms with Crippen molar-refractivity contribution in [1.82, 2.24) is 9.97 Å². The smallest absolute Gasteiger partial charge is 0.338 e. The van der Waals surface area contributed by atoms with E-state index in [1.165, 1.54) is 6.07 Å². The van der Waals surface area contributed by atoms with Crippen molar-refractivity contribution in [3.05, 3.63) is 95.6 Å². The molecule has 12 heteroatoms. The molecule has 236 valence electrons. The molecule has 0 atom stereocenters. The van der Waals surface area contributed by atoms with Crippen LogP contribution in [0.25, 0.3) is 22.2 Å². The number of benzene rings is 4. The second-order valence-corrected chi connectivity index (χ2v) is 9.79. The Labute approximate surface area is 263 Å². The van der Waals surface area contributed by atoms with Gasteiger partial charge in [0.15, 0.2) is 11.2 Å². The van der Waals surface area contributed by atoms with E-state index in [0.29, 0.717) is 52.8 Å². The summed E-state index contributed by atoms with van der Waals surface area (Å²) in [6.45, 7) is 4.05. The zero-order valence-corrected chi connectivity index (χ0v) is 25.6. The van der Waals surface area contributed by atoms with Gasteiger partial charge >= 0.3 is 11.9 Å². The number of carbonyl (C=O) groups excluding carboxylic acids is 1. The van der Waals surface area contributed by atoms with Gasteiger partial charge in [-0.15, -0.1) is 0 Å². The highest BCUT2D eigenvalue weighted by molar-refractivity contribution is 5.94. The molecule has 6 rings (SSSR count). The SMILES string of the molecule is CCOC(=O)c1ccc2nc(Nc3ccc(OC)cc3)oc2c1.CCc1cc(C(=O)O)cc2oc(Nc3ccc(OC)cc3)nc12. The van der Waals surface area contributed by atoms with Crippen LogP contribution in [0.4, 0.5) is 23.4 Å². The largest absolute Gasteiger partial charge is 0.497 e. The van der Waals surface area contributed by atoms with Crippen LogP contribution in [0.3, 0.4) is 0 Å². The second-order valence-electron chi connectivity index (χ2n) is 9.79. The fraction of sp³-hybridized carbons (Fsp3) is 0.176. The molecule has 12 nitrogen and oxygen atoms in total. The molecule has 0 saturated carbocycles. The summed E-state index contributed by atoms with van der Waals surface area (Å²) in [5, 5.41) is 15.3. The number of carbonyl (C=O) groups is 2. The van der Waals surface area contributed by atoms with Crippen LogP contribution in [0.15, 0.2) is 87.7 Å². The summed E-state index contributed by atoms with van der Waals surface area (Å²) in [6, 6.07) is 23.5. The normalized spacial score (nSPS) is 10.6. The molecule has 0 fully saturated rings. The summed E-state index contributed by atoms with van der Waals surface area (Å²) in [6.07, 6.45) is 0.673. The van der Waals surface area contributed by atoms with Gasteiger partial charge in [0.05, 0.1) is 32.0 Å². The van der Waals surface area contributed by atoms with Crippen LogP contribution in [-0.2, 0) is 11.2 Å². The van der Waals surface area contributed by atoms with Crippen molar-refractivity contribution in [1.29, 1.82) is 0 Å². The highest BCUT2D eigenvalue weighted by atomic mass is 16.5. The van der Waals surface area contributed by atoms with Gasteiger partial charge in [-0.25, -0.2) is 9.59 Å². The number of aromatic carboxylic acids is 1. The zero-order valence-electron chi connectivity index (χ0n) is 25.6. The lowest BCUT2D eigenvalue weighted by molar-refractivity contribution is 0.0525. The summed E-state index contributed by atoms with van der Waals surface area (Å²) < 4.78 is 26.5. The molecule has 4 aromatic carbocycles. The van der Waals surface area contributed by atoms with Gasteiger partial charge in [0.1, 0.15) is 22.5 Å². The molecule has 0 amide bonds. The molecule has 0 bridgehead atoms. The summed E-state index contributed by atoms with van der Waals surface area (Å²) in [7, 11) is 3.22. The summed E-state index contributed by atoms with van der Waals surface area (Å²) in [4.78, 5) is 31.7. The van der Waals surface area contributed by atoms with Gasteiger partial charge in [0.25, 0.3) is 12.0 Å². The number of carboxylic acids is 1. The molecule has 46 heavy (non-hydrogen) atoms. The molecule has 0 aliphatic carbocycles. The Hall–Kier alpha value is -6.04. The molecule has 0 aliphatic heterocycles. The van der Waals surface area contributed by atoms with Crippen molar-refractivity contribution in [2.24, 2.45) is 0 Å². The number of fused-ring (bicyclic) bond motifs is 2. The molecule has 6 aromatic rings. The third-order valence-corrected chi connectivity index (χ3v) is 6.78. The van der Waals surface area contributed by atoms with Crippen LogP contribution >= 0.6 is 0 Å². The number of ether oxygens (including phenoxy) is 3. The number of hydrogen-bond acceptors (Lipinski definition) is 11. The molecule has 0 radical (unpaired) electrons. The average molecular weight is 625 g/mol. The standard InChI is InChI=1S/2C17H16N2O4/c1-3-22-16(20)11-4-9-14-15(10-11)23-17(19-14)18-12-5-7-13(21-2)8-6-12;1-3-10-8-11(16(20)21)9-14-15(10)19-17(23-14)18-12-4-6-13(22-2)7-5-12/h4-10H,3H2,1-2H3,(H,18,19);4-9H,3H2,1-2H3,(H,18,19)(H,20,21). The van der Waals surface area contributed by atoms with Gasteiger partial charge in [0.2, 0.25) is 0 Å². The van der Waals surface area contributed by atoms with Crippen molar-refractivity contribution in [3.8, 4) is 11.5 Å². The first-order chi connectivity index (χ1) is 22.3. The van der Waals surface area contributed by atoms with E-state index >= 15 is 0 Å². The minimum Gasteiger partial charge on any atom is -0.497 e. The van der Waals surface area contributed by atoms with Crippen molar-refractivity contribution in [3.63, 3.8) is 0 Å². The van der Waals surface area contributed by atoms with Crippen LogP contribution in [0, 0.1) is 0 Å². The van der Waals surface area contributed by atoms with E-state index in [2.05, 4.69) is 20.6 Å². The lowest BCUT2D eigenvalue weighted by atomic mass is 10.1. The van der Waals surface area contributed by atoms with E-state index in [1.54, 1.807) is 45.4 Å². The first-order valence-electron chi connectivity index (χ1n) is 14.4. The molecule has 0 spiro atoms. The topological polar surface area (TPSA) is 158 Å². The van der Waals surface area contributed by atoms with Crippen molar-refractivity contribution < 1.29 is 37.7 Å². The molecular weight excluding hydrogens is 592 g/mol. The Morgan fingerprint density at radius 2 is 1.30 bits per heavy atom. The number of methoxy groups -OCH3 is 2. The summed E-state index contributed by atoms with van der Waals surface area (Å²) in [5.74, 6) is 0.165. The quantitative estimate of drug-likeness (QED) is 0.128. The Morgan fingerprint density at radius 3 is 1.85 bits per heavy atom. The monoisotopic (exact) mass is 624 g/mol. The third-order valence-electron chi connectivity index (χ3n) is 6.78. The van der Waals surface area contributed by atoms with Crippen molar-refractivity contribution in [2.45, 2.75) is 20.3 Å². The van der Waals surface area contributed by atoms with Gasteiger partial charge in [-0.2, -0.15) is 9.97 Å². The number of rotatable bonds is 10. The third kappa shape index (κ3) is 7.36. The minimum absolute atomic E-state index is 0.196.